The fourth-order valence-electron chi connectivity index (χ4n) is 4.82. The third kappa shape index (κ3) is 4.55. The molecule has 1 aromatic carbocycles. The minimum atomic E-state index is -1.09. The van der Waals surface area contributed by atoms with Gasteiger partial charge in [-0.3, -0.25) is 9.59 Å². The summed E-state index contributed by atoms with van der Waals surface area (Å²) >= 11 is 0. The zero-order valence-corrected chi connectivity index (χ0v) is 17.7. The Hall–Kier alpha value is -2.14. The molecule has 2 aliphatic rings. The van der Waals surface area contributed by atoms with Crippen molar-refractivity contribution in [3.8, 4) is 0 Å². The molecule has 6 atom stereocenters. The second-order valence-corrected chi connectivity index (χ2v) is 8.65. The Morgan fingerprint density at radius 2 is 1.97 bits per heavy atom. The van der Waals surface area contributed by atoms with Crippen molar-refractivity contribution in [2.45, 2.75) is 58.8 Å². The highest BCUT2D eigenvalue weighted by Gasteiger charge is 2.53. The minimum absolute atomic E-state index is 0.00363. The molecule has 0 spiro atoms. The number of fused-ring (bicyclic) bond motifs is 1. The summed E-state index contributed by atoms with van der Waals surface area (Å²) < 4.78 is 5.39. The van der Waals surface area contributed by atoms with Crippen LogP contribution < -0.4 is 5.32 Å². The maximum Gasteiger partial charge on any atom is 0.303 e. The van der Waals surface area contributed by atoms with Gasteiger partial charge in [-0.15, -0.1) is 0 Å². The molecule has 0 aromatic heterocycles. The first-order valence-corrected chi connectivity index (χ1v) is 10.5. The lowest BCUT2D eigenvalue weighted by Gasteiger charge is -2.52. The molecule has 1 saturated carbocycles. The lowest BCUT2D eigenvalue weighted by Crippen LogP contribution is -2.57. The molecule has 29 heavy (non-hydrogen) atoms. The fraction of sp³-hybridized carbons (Fsp3) is 0.542. The van der Waals surface area contributed by atoms with Gasteiger partial charge in [-0.25, -0.2) is 0 Å². The van der Waals surface area contributed by atoms with E-state index in [2.05, 4.69) is 5.32 Å². The molecule has 0 heterocycles. The molecule has 3 rings (SSSR count). The van der Waals surface area contributed by atoms with Crippen molar-refractivity contribution in [2.24, 2.45) is 23.7 Å². The molecule has 1 radical (unpaired) electrons. The van der Waals surface area contributed by atoms with Gasteiger partial charge in [-0.2, -0.15) is 0 Å². The molecule has 1 amide bonds. The van der Waals surface area contributed by atoms with Gasteiger partial charge in [-0.1, -0.05) is 50.3 Å². The normalized spacial score (nSPS) is 32.5. The summed E-state index contributed by atoms with van der Waals surface area (Å²) in [5.74, 6) is -0.707. The average molecular weight is 399 g/mol. The van der Waals surface area contributed by atoms with Crippen LogP contribution in [0.25, 0.3) is 0 Å². The first-order valence-electron chi connectivity index (χ1n) is 10.5. The topological polar surface area (TPSA) is 75.6 Å². The van der Waals surface area contributed by atoms with Crippen LogP contribution in [0.1, 0.15) is 46.1 Å². The van der Waals surface area contributed by atoms with Gasteiger partial charge in [0.05, 0.1) is 5.60 Å². The molecular weight excluding hydrogens is 366 g/mol. The van der Waals surface area contributed by atoms with E-state index in [-0.39, 0.29) is 35.5 Å². The smallest absolute Gasteiger partial charge is 0.303 e. The molecule has 1 aromatic rings. The van der Waals surface area contributed by atoms with E-state index in [0.717, 1.165) is 24.0 Å². The molecule has 5 nitrogen and oxygen atoms in total. The molecule has 5 heteroatoms. The monoisotopic (exact) mass is 398 g/mol. The Kier molecular flexibility index (Phi) is 6.47. The summed E-state index contributed by atoms with van der Waals surface area (Å²) in [4.78, 5) is 24.3. The van der Waals surface area contributed by atoms with Crippen LogP contribution in [0.2, 0.25) is 0 Å². The van der Waals surface area contributed by atoms with Crippen LogP contribution in [0.5, 0.6) is 0 Å². The number of esters is 1. The minimum Gasteiger partial charge on any atom is -0.458 e. The Labute approximate surface area is 173 Å². The van der Waals surface area contributed by atoms with E-state index in [1.165, 1.54) is 6.92 Å². The van der Waals surface area contributed by atoms with Gasteiger partial charge in [0.15, 0.2) is 0 Å². The number of hydrogen-bond acceptors (Lipinski definition) is 4. The van der Waals surface area contributed by atoms with Gasteiger partial charge >= 0.3 is 5.97 Å². The Balaban J connectivity index is 1.76. The quantitative estimate of drug-likeness (QED) is 0.589. The highest BCUT2D eigenvalue weighted by atomic mass is 16.5. The summed E-state index contributed by atoms with van der Waals surface area (Å²) in [6.07, 6.45) is 4.99. The fourth-order valence-corrected chi connectivity index (χ4v) is 4.82. The van der Waals surface area contributed by atoms with E-state index in [9.17, 15) is 14.7 Å². The maximum absolute atomic E-state index is 12.9. The first-order chi connectivity index (χ1) is 13.7. The SMILES string of the molecule is CC(=O)O[C@@H]1[CH][C@@]2(O)[C@H](C)CC[C@@H](C(C)C(=O)NCc3ccccc3)[C@H]2C=C1C. The van der Waals surface area contributed by atoms with Crippen LogP contribution in [0.15, 0.2) is 42.0 Å². The van der Waals surface area contributed by atoms with Crippen molar-refractivity contribution < 1.29 is 19.4 Å². The molecular formula is C24H32NO4. The van der Waals surface area contributed by atoms with Crippen molar-refractivity contribution in [3.05, 3.63) is 54.0 Å². The molecule has 0 bridgehead atoms. The second kappa shape index (κ2) is 8.70. The highest BCUT2D eigenvalue weighted by Crippen LogP contribution is 2.50. The standard InChI is InChI=1S/C24H32NO4/c1-15-12-21-20(17(3)23(27)25-14-19-8-6-5-7-9-19)11-10-16(2)24(21,28)13-22(15)29-18(4)26/h5-9,12-13,16-17,20-22,28H,10-11,14H2,1-4H3,(H,25,27)/t16-,17?,20+,21-,22-,24-/m1/s1. The zero-order valence-electron chi connectivity index (χ0n) is 17.7. The van der Waals surface area contributed by atoms with Gasteiger partial charge in [0, 0.05) is 31.7 Å². The predicted molar refractivity (Wildman–Crippen MR) is 111 cm³/mol. The van der Waals surface area contributed by atoms with E-state index in [1.54, 1.807) is 6.42 Å². The molecule has 2 aliphatic carbocycles. The third-order valence-electron chi connectivity index (χ3n) is 6.69. The number of carbonyl (C=O) groups excluding carboxylic acids is 2. The van der Waals surface area contributed by atoms with Crippen molar-refractivity contribution in [2.75, 3.05) is 0 Å². The molecule has 0 saturated heterocycles. The molecule has 1 fully saturated rings. The highest BCUT2D eigenvalue weighted by molar-refractivity contribution is 5.78. The van der Waals surface area contributed by atoms with Crippen LogP contribution in [-0.4, -0.2) is 28.7 Å². The third-order valence-corrected chi connectivity index (χ3v) is 6.69. The van der Waals surface area contributed by atoms with Crippen LogP contribution in [0.4, 0.5) is 0 Å². The van der Waals surface area contributed by atoms with Crippen LogP contribution in [-0.2, 0) is 20.9 Å². The predicted octanol–water partition coefficient (Wildman–Crippen LogP) is 3.43. The van der Waals surface area contributed by atoms with Crippen LogP contribution in [0, 0.1) is 30.1 Å². The summed E-state index contributed by atoms with van der Waals surface area (Å²) in [5, 5.41) is 14.6. The number of ether oxygens (including phenoxy) is 1. The second-order valence-electron chi connectivity index (χ2n) is 8.65. The van der Waals surface area contributed by atoms with Crippen molar-refractivity contribution in [1.29, 1.82) is 0 Å². The number of rotatable bonds is 5. The lowest BCUT2D eigenvalue weighted by atomic mass is 9.57. The Bertz CT molecular complexity index is 774. The molecule has 0 aliphatic heterocycles. The van der Waals surface area contributed by atoms with Crippen molar-refractivity contribution in [3.63, 3.8) is 0 Å². The average Bonchev–Trinajstić information content (AvgIpc) is 2.68. The number of aliphatic hydroxyl groups is 1. The Morgan fingerprint density at radius 1 is 1.28 bits per heavy atom. The van der Waals surface area contributed by atoms with Crippen LogP contribution >= 0.6 is 0 Å². The number of benzene rings is 1. The number of hydrogen-bond donors (Lipinski definition) is 2. The summed E-state index contributed by atoms with van der Waals surface area (Å²) in [6.45, 7) is 7.77. The summed E-state index contributed by atoms with van der Waals surface area (Å²) in [6, 6.07) is 9.85. The van der Waals surface area contributed by atoms with Gasteiger partial charge in [0.25, 0.3) is 0 Å². The lowest BCUT2D eigenvalue weighted by molar-refractivity contribution is -0.148. The maximum atomic E-state index is 12.9. The molecule has 2 N–H and O–H groups in total. The molecule has 157 valence electrons. The van der Waals surface area contributed by atoms with Gasteiger partial charge in [0.1, 0.15) is 6.10 Å². The van der Waals surface area contributed by atoms with Crippen molar-refractivity contribution in [1.82, 2.24) is 5.32 Å². The van der Waals surface area contributed by atoms with E-state index in [1.807, 2.05) is 57.2 Å². The van der Waals surface area contributed by atoms with Crippen LogP contribution in [0.3, 0.4) is 0 Å². The van der Waals surface area contributed by atoms with Crippen molar-refractivity contribution >= 4 is 11.9 Å². The van der Waals surface area contributed by atoms with E-state index in [0.29, 0.717) is 6.54 Å². The first kappa shape index (κ1) is 21.6. The molecule has 1 unspecified atom stereocenters. The van der Waals surface area contributed by atoms with Gasteiger partial charge in [0.2, 0.25) is 5.91 Å². The summed E-state index contributed by atoms with van der Waals surface area (Å²) in [7, 11) is 0. The Morgan fingerprint density at radius 3 is 2.62 bits per heavy atom. The zero-order chi connectivity index (χ0) is 21.2. The number of carbonyl (C=O) groups is 2. The number of nitrogens with one attached hydrogen (secondary N) is 1. The number of amides is 1. The van der Waals surface area contributed by atoms with E-state index < -0.39 is 11.7 Å². The summed E-state index contributed by atoms with van der Waals surface area (Å²) in [5.41, 5.74) is 0.884. The van der Waals surface area contributed by atoms with E-state index in [4.69, 9.17) is 4.74 Å². The van der Waals surface area contributed by atoms with Gasteiger partial charge < -0.3 is 15.2 Å². The van der Waals surface area contributed by atoms with E-state index >= 15 is 0 Å². The van der Waals surface area contributed by atoms with Gasteiger partial charge in [-0.05, 0) is 42.7 Å². The largest absolute Gasteiger partial charge is 0.458 e.